The molecule has 2 aliphatic rings. The van der Waals surface area contributed by atoms with Crippen molar-refractivity contribution >= 4 is 5.91 Å². The molecule has 2 saturated carbocycles. The Morgan fingerprint density at radius 1 is 1.23 bits per heavy atom. The van der Waals surface area contributed by atoms with Gasteiger partial charge in [0.05, 0.1) is 0 Å². The summed E-state index contributed by atoms with van der Waals surface area (Å²) in [6, 6.07) is 3.65. The number of hydrogen-bond acceptors (Lipinski definition) is 4. The Morgan fingerprint density at radius 3 is 2.73 bits per heavy atom. The minimum atomic E-state index is -0.493. The summed E-state index contributed by atoms with van der Waals surface area (Å²) in [5.74, 6) is 1.04. The Labute approximate surface area is 131 Å². The van der Waals surface area contributed by atoms with Gasteiger partial charge in [0.1, 0.15) is 11.7 Å². The molecule has 0 aromatic carbocycles. The molecule has 1 aromatic heterocycles. The van der Waals surface area contributed by atoms with E-state index in [9.17, 15) is 4.79 Å². The lowest BCUT2D eigenvalue weighted by molar-refractivity contribution is 0.0466. The van der Waals surface area contributed by atoms with Crippen LogP contribution in [0.5, 0.6) is 5.88 Å². The van der Waals surface area contributed by atoms with E-state index in [2.05, 4.69) is 4.98 Å². The van der Waals surface area contributed by atoms with Gasteiger partial charge in [-0.25, -0.2) is 4.98 Å². The maximum atomic E-state index is 11.5. The van der Waals surface area contributed by atoms with Crippen molar-refractivity contribution in [3.63, 3.8) is 0 Å². The third-order valence-corrected chi connectivity index (χ3v) is 5.18. The second-order valence-electron chi connectivity index (χ2n) is 6.66. The van der Waals surface area contributed by atoms with Crippen LogP contribution in [0.4, 0.5) is 0 Å². The fourth-order valence-corrected chi connectivity index (χ4v) is 4.06. The Kier molecular flexibility index (Phi) is 4.62. The van der Waals surface area contributed by atoms with E-state index >= 15 is 0 Å². The summed E-state index contributed by atoms with van der Waals surface area (Å²) in [6.07, 6.45) is 9.78. The van der Waals surface area contributed by atoms with E-state index in [-0.39, 0.29) is 12.1 Å². The van der Waals surface area contributed by atoms with Crippen LogP contribution < -0.4 is 16.2 Å². The molecule has 5 nitrogen and oxygen atoms in total. The number of amides is 1. The van der Waals surface area contributed by atoms with E-state index in [0.717, 1.165) is 19.3 Å². The maximum Gasteiger partial charge on any atom is 0.254 e. The lowest BCUT2D eigenvalue weighted by Crippen LogP contribution is -2.42. The fourth-order valence-electron chi connectivity index (χ4n) is 4.06. The maximum absolute atomic E-state index is 11.5. The van der Waals surface area contributed by atoms with Crippen LogP contribution in [0.25, 0.3) is 0 Å². The average molecular weight is 303 g/mol. The average Bonchev–Trinajstić information content (AvgIpc) is 3.03. The number of pyridine rings is 1. The van der Waals surface area contributed by atoms with Gasteiger partial charge in [-0.15, -0.1) is 0 Å². The molecule has 0 radical (unpaired) electrons. The summed E-state index contributed by atoms with van der Waals surface area (Å²) in [4.78, 5) is 15.8. The zero-order valence-electron chi connectivity index (χ0n) is 12.9. The van der Waals surface area contributed by atoms with Crippen molar-refractivity contribution in [1.82, 2.24) is 4.98 Å². The number of primary amides is 1. The Hall–Kier alpha value is -1.62. The van der Waals surface area contributed by atoms with Crippen LogP contribution in [0.1, 0.15) is 55.3 Å². The molecular weight excluding hydrogens is 278 g/mol. The lowest BCUT2D eigenvalue weighted by atomic mass is 9.75. The van der Waals surface area contributed by atoms with Crippen molar-refractivity contribution < 1.29 is 9.53 Å². The first-order valence-electron chi connectivity index (χ1n) is 8.32. The number of hydrogen-bond donors (Lipinski definition) is 2. The van der Waals surface area contributed by atoms with Gasteiger partial charge in [0.2, 0.25) is 5.88 Å². The molecule has 1 amide bonds. The van der Waals surface area contributed by atoms with Gasteiger partial charge >= 0.3 is 0 Å². The number of rotatable bonds is 4. The number of nitrogens with zero attached hydrogens (tertiary/aromatic N) is 1. The molecular formula is C17H25N3O2. The lowest BCUT2D eigenvalue weighted by Gasteiger charge is -2.38. The molecule has 4 N–H and O–H groups in total. The minimum absolute atomic E-state index is 0.0934. The van der Waals surface area contributed by atoms with Crippen LogP contribution >= 0.6 is 0 Å². The van der Waals surface area contributed by atoms with Crippen LogP contribution in [-0.4, -0.2) is 23.0 Å². The number of nitrogens with two attached hydrogens (primary N) is 2. The van der Waals surface area contributed by atoms with Crippen LogP contribution in [-0.2, 0) is 0 Å². The highest BCUT2D eigenvalue weighted by atomic mass is 16.5. The molecule has 1 heterocycles. The third-order valence-electron chi connectivity index (χ3n) is 5.18. The molecule has 2 aliphatic carbocycles. The van der Waals surface area contributed by atoms with Crippen molar-refractivity contribution in [1.29, 1.82) is 0 Å². The van der Waals surface area contributed by atoms with E-state index < -0.39 is 5.91 Å². The van der Waals surface area contributed by atoms with E-state index in [1.807, 2.05) is 0 Å². The molecule has 5 heteroatoms. The summed E-state index contributed by atoms with van der Waals surface area (Å²) < 4.78 is 6.15. The van der Waals surface area contributed by atoms with Gasteiger partial charge in [-0.1, -0.05) is 25.7 Å². The normalized spacial score (nSPS) is 29.4. The number of carbonyl (C=O) groups excluding carboxylic acids is 1. The van der Waals surface area contributed by atoms with Gasteiger partial charge in [-0.2, -0.15) is 0 Å². The first-order valence-corrected chi connectivity index (χ1v) is 8.32. The first kappa shape index (κ1) is 15.3. The Bertz CT molecular complexity index is 528. The van der Waals surface area contributed by atoms with Crippen molar-refractivity contribution in [3.05, 3.63) is 23.9 Å². The standard InChI is InChI=1S/C17H25N3O2/c18-12-7-8-15(14(10-12)11-4-1-2-5-11)22-17-13(16(19)21)6-3-9-20-17/h3,6,9,11-12,14-15H,1-2,4-5,7-8,10,18H2,(H2,19,21)/t12-,14?,15-/m1/s1. The molecule has 0 bridgehead atoms. The first-order chi connectivity index (χ1) is 10.6. The Morgan fingerprint density at radius 2 is 2.00 bits per heavy atom. The van der Waals surface area contributed by atoms with Crippen LogP contribution in [0.2, 0.25) is 0 Å². The van der Waals surface area contributed by atoms with Gasteiger partial charge in [-0.3, -0.25) is 4.79 Å². The van der Waals surface area contributed by atoms with Gasteiger partial charge in [0.15, 0.2) is 0 Å². The highest BCUT2D eigenvalue weighted by Crippen LogP contribution is 2.40. The molecule has 1 unspecified atom stereocenters. The highest BCUT2D eigenvalue weighted by molar-refractivity contribution is 5.94. The van der Waals surface area contributed by atoms with Crippen LogP contribution in [0, 0.1) is 11.8 Å². The minimum Gasteiger partial charge on any atom is -0.473 e. The number of aromatic nitrogens is 1. The zero-order chi connectivity index (χ0) is 15.5. The molecule has 1 aromatic rings. The Balaban J connectivity index is 1.78. The largest absolute Gasteiger partial charge is 0.473 e. The van der Waals surface area contributed by atoms with Crippen LogP contribution in [0.3, 0.4) is 0 Å². The topological polar surface area (TPSA) is 91.2 Å². The summed E-state index contributed by atoms with van der Waals surface area (Å²) in [7, 11) is 0. The summed E-state index contributed by atoms with van der Waals surface area (Å²) >= 11 is 0. The van der Waals surface area contributed by atoms with E-state index in [1.54, 1.807) is 18.3 Å². The summed E-state index contributed by atoms with van der Waals surface area (Å²) in [5.41, 5.74) is 12.0. The zero-order valence-corrected chi connectivity index (χ0v) is 12.9. The summed E-state index contributed by atoms with van der Waals surface area (Å²) in [5, 5.41) is 0. The van der Waals surface area contributed by atoms with E-state index in [0.29, 0.717) is 23.3 Å². The molecule has 120 valence electrons. The monoisotopic (exact) mass is 303 g/mol. The molecule has 0 spiro atoms. The van der Waals surface area contributed by atoms with Crippen LogP contribution in [0.15, 0.2) is 18.3 Å². The predicted molar refractivity (Wildman–Crippen MR) is 84.4 cm³/mol. The van der Waals surface area contributed by atoms with Gasteiger partial charge in [0, 0.05) is 18.2 Å². The SMILES string of the molecule is NC(=O)c1cccnc1O[C@@H]1CC[C@@H](N)CC1C1CCCC1. The molecule has 3 atom stereocenters. The molecule has 0 aliphatic heterocycles. The predicted octanol–water partition coefficient (Wildman–Crippen LogP) is 2.25. The molecule has 0 saturated heterocycles. The van der Waals surface area contributed by atoms with Gasteiger partial charge < -0.3 is 16.2 Å². The smallest absolute Gasteiger partial charge is 0.254 e. The third kappa shape index (κ3) is 3.24. The van der Waals surface area contributed by atoms with Crippen molar-refractivity contribution in [2.75, 3.05) is 0 Å². The number of carbonyl (C=O) groups is 1. The van der Waals surface area contributed by atoms with E-state index in [4.69, 9.17) is 16.2 Å². The van der Waals surface area contributed by atoms with Crippen molar-refractivity contribution in [2.24, 2.45) is 23.3 Å². The summed E-state index contributed by atoms with van der Waals surface area (Å²) in [6.45, 7) is 0. The quantitative estimate of drug-likeness (QED) is 0.892. The number of ether oxygens (including phenoxy) is 1. The molecule has 22 heavy (non-hydrogen) atoms. The van der Waals surface area contributed by atoms with Crippen molar-refractivity contribution in [3.8, 4) is 5.88 Å². The highest BCUT2D eigenvalue weighted by Gasteiger charge is 2.37. The van der Waals surface area contributed by atoms with Gasteiger partial charge in [0.25, 0.3) is 5.91 Å². The molecule has 2 fully saturated rings. The fraction of sp³-hybridized carbons (Fsp3) is 0.647. The molecule has 3 rings (SSSR count). The second kappa shape index (κ2) is 6.65. The van der Waals surface area contributed by atoms with Gasteiger partial charge in [-0.05, 0) is 37.3 Å². The van der Waals surface area contributed by atoms with Crippen molar-refractivity contribution in [2.45, 2.75) is 57.1 Å². The second-order valence-corrected chi connectivity index (χ2v) is 6.66. The van der Waals surface area contributed by atoms with E-state index in [1.165, 1.54) is 25.7 Å².